The van der Waals surface area contributed by atoms with Crippen molar-refractivity contribution >= 4 is 5.95 Å². The third-order valence-corrected chi connectivity index (χ3v) is 1.94. The Balaban J connectivity index is 2.44. The Labute approximate surface area is 91.4 Å². The first kappa shape index (κ1) is 12.8. The van der Waals surface area contributed by atoms with Gasteiger partial charge in [-0.05, 0) is 0 Å². The van der Waals surface area contributed by atoms with Crippen molar-refractivity contribution in [3.05, 3.63) is 12.4 Å². The van der Waals surface area contributed by atoms with Crippen molar-refractivity contribution in [1.29, 1.82) is 0 Å². The van der Waals surface area contributed by atoms with Gasteiger partial charge in [0.15, 0.2) is 0 Å². The number of anilines is 1. The van der Waals surface area contributed by atoms with Gasteiger partial charge in [0.25, 0.3) is 0 Å². The minimum absolute atomic E-state index is 0.126. The number of hydrogen-bond acceptors (Lipinski definition) is 3. The standard InChI is InChI=1S/C9H14F3N3O/c1-16-7-4-14-8-13-3-6-15(8)5-2-9(10,11)12/h3,6H,2,4-5,7H2,1H3,(H,13,14). The molecular weight excluding hydrogens is 223 g/mol. The summed E-state index contributed by atoms with van der Waals surface area (Å²) in [5.74, 6) is 0.432. The number of halogens is 3. The highest BCUT2D eigenvalue weighted by Crippen LogP contribution is 2.21. The van der Waals surface area contributed by atoms with Gasteiger partial charge in [-0.3, -0.25) is 0 Å². The number of hydrogen-bond donors (Lipinski definition) is 1. The number of imidazole rings is 1. The van der Waals surface area contributed by atoms with Crippen LogP contribution in [0.15, 0.2) is 12.4 Å². The summed E-state index contributed by atoms with van der Waals surface area (Å²) < 4.78 is 42.3. The zero-order valence-corrected chi connectivity index (χ0v) is 8.92. The first-order chi connectivity index (χ1) is 7.53. The highest BCUT2D eigenvalue weighted by molar-refractivity contribution is 5.25. The number of nitrogens with zero attached hydrogens (tertiary/aromatic N) is 2. The molecule has 0 amide bonds. The first-order valence-corrected chi connectivity index (χ1v) is 4.83. The van der Waals surface area contributed by atoms with E-state index in [2.05, 4.69) is 10.3 Å². The van der Waals surface area contributed by atoms with E-state index >= 15 is 0 Å². The largest absolute Gasteiger partial charge is 0.390 e. The predicted octanol–water partition coefficient (Wildman–Crippen LogP) is 1.89. The first-order valence-electron chi connectivity index (χ1n) is 4.83. The smallest absolute Gasteiger partial charge is 0.383 e. The van der Waals surface area contributed by atoms with E-state index in [0.29, 0.717) is 19.1 Å². The van der Waals surface area contributed by atoms with Crippen LogP contribution in [0, 0.1) is 0 Å². The molecule has 0 aromatic carbocycles. The molecule has 1 aromatic heterocycles. The minimum Gasteiger partial charge on any atom is -0.383 e. The minimum atomic E-state index is -4.14. The third-order valence-electron chi connectivity index (χ3n) is 1.94. The van der Waals surface area contributed by atoms with Crippen molar-refractivity contribution in [2.24, 2.45) is 0 Å². The van der Waals surface area contributed by atoms with Crippen LogP contribution < -0.4 is 5.32 Å². The van der Waals surface area contributed by atoms with Gasteiger partial charge in [-0.2, -0.15) is 13.2 Å². The van der Waals surface area contributed by atoms with Gasteiger partial charge in [0.2, 0.25) is 5.95 Å². The topological polar surface area (TPSA) is 39.1 Å². The van der Waals surface area contributed by atoms with E-state index in [1.54, 1.807) is 7.11 Å². The van der Waals surface area contributed by atoms with Crippen LogP contribution in [0.3, 0.4) is 0 Å². The highest BCUT2D eigenvalue weighted by atomic mass is 19.4. The number of rotatable bonds is 6. The molecule has 1 heterocycles. The van der Waals surface area contributed by atoms with Crippen LogP contribution in [0.4, 0.5) is 19.1 Å². The fourth-order valence-electron chi connectivity index (χ4n) is 1.17. The lowest BCUT2D eigenvalue weighted by Gasteiger charge is -2.10. The average Bonchev–Trinajstić information content (AvgIpc) is 2.62. The molecule has 0 aliphatic heterocycles. The number of alkyl halides is 3. The van der Waals surface area contributed by atoms with E-state index in [1.807, 2.05) is 0 Å². The van der Waals surface area contributed by atoms with Gasteiger partial charge in [-0.1, -0.05) is 0 Å². The van der Waals surface area contributed by atoms with Crippen molar-refractivity contribution in [2.75, 3.05) is 25.6 Å². The van der Waals surface area contributed by atoms with Crippen LogP contribution in [0.5, 0.6) is 0 Å². The van der Waals surface area contributed by atoms with Crippen molar-refractivity contribution in [3.63, 3.8) is 0 Å². The molecule has 0 saturated carbocycles. The SMILES string of the molecule is COCCNc1nccn1CCC(F)(F)F. The molecule has 0 aliphatic rings. The van der Waals surface area contributed by atoms with Crippen molar-refractivity contribution < 1.29 is 17.9 Å². The van der Waals surface area contributed by atoms with Gasteiger partial charge in [-0.25, -0.2) is 4.98 Å². The quantitative estimate of drug-likeness (QED) is 0.768. The third kappa shape index (κ3) is 4.52. The van der Waals surface area contributed by atoms with E-state index in [4.69, 9.17) is 4.74 Å². The summed E-state index contributed by atoms with van der Waals surface area (Å²) in [7, 11) is 1.55. The number of aromatic nitrogens is 2. The fraction of sp³-hybridized carbons (Fsp3) is 0.667. The average molecular weight is 237 g/mol. The molecule has 0 saturated heterocycles. The Morgan fingerprint density at radius 1 is 1.50 bits per heavy atom. The van der Waals surface area contributed by atoms with Gasteiger partial charge in [0.05, 0.1) is 13.0 Å². The number of ether oxygens (including phenoxy) is 1. The summed E-state index contributed by atoms with van der Waals surface area (Å²) in [4.78, 5) is 3.92. The van der Waals surface area contributed by atoms with E-state index in [-0.39, 0.29) is 6.54 Å². The summed E-state index contributed by atoms with van der Waals surface area (Å²) in [6.07, 6.45) is -2.03. The maximum absolute atomic E-state index is 12.0. The Bertz CT molecular complexity index is 311. The number of nitrogens with one attached hydrogen (secondary N) is 1. The molecule has 7 heteroatoms. The summed E-state index contributed by atoms with van der Waals surface area (Å²) in [6, 6.07) is 0. The lowest BCUT2D eigenvalue weighted by Crippen LogP contribution is -2.16. The summed E-state index contributed by atoms with van der Waals surface area (Å²) in [6.45, 7) is 0.866. The zero-order chi connectivity index (χ0) is 12.0. The molecule has 4 nitrogen and oxygen atoms in total. The zero-order valence-electron chi connectivity index (χ0n) is 8.92. The van der Waals surface area contributed by atoms with E-state index in [0.717, 1.165) is 0 Å². The summed E-state index contributed by atoms with van der Waals surface area (Å²) >= 11 is 0. The fourth-order valence-corrected chi connectivity index (χ4v) is 1.17. The second kappa shape index (κ2) is 5.74. The van der Waals surface area contributed by atoms with Crippen LogP contribution in [0.2, 0.25) is 0 Å². The Morgan fingerprint density at radius 3 is 2.88 bits per heavy atom. The van der Waals surface area contributed by atoms with E-state index < -0.39 is 12.6 Å². The normalized spacial score (nSPS) is 11.8. The van der Waals surface area contributed by atoms with Gasteiger partial charge in [0.1, 0.15) is 0 Å². The molecule has 92 valence electrons. The summed E-state index contributed by atoms with van der Waals surface area (Å²) in [5, 5.41) is 2.89. The molecule has 0 spiro atoms. The molecule has 0 unspecified atom stereocenters. The molecule has 1 aromatic rings. The monoisotopic (exact) mass is 237 g/mol. The molecule has 0 aliphatic carbocycles. The van der Waals surface area contributed by atoms with E-state index in [1.165, 1.54) is 17.0 Å². The van der Waals surface area contributed by atoms with Crippen molar-refractivity contribution in [2.45, 2.75) is 19.1 Å². The Hall–Kier alpha value is -1.24. The molecular formula is C9H14F3N3O. The number of methoxy groups -OCH3 is 1. The van der Waals surface area contributed by atoms with Gasteiger partial charge in [-0.15, -0.1) is 0 Å². The van der Waals surface area contributed by atoms with Crippen molar-refractivity contribution in [3.8, 4) is 0 Å². The Morgan fingerprint density at radius 2 is 2.25 bits per heavy atom. The molecule has 1 N–H and O–H groups in total. The van der Waals surface area contributed by atoms with Crippen LogP contribution in [0.1, 0.15) is 6.42 Å². The van der Waals surface area contributed by atoms with Crippen molar-refractivity contribution in [1.82, 2.24) is 9.55 Å². The summed E-state index contributed by atoms with van der Waals surface area (Å²) in [5.41, 5.74) is 0. The highest BCUT2D eigenvalue weighted by Gasteiger charge is 2.26. The second-order valence-electron chi connectivity index (χ2n) is 3.23. The predicted molar refractivity (Wildman–Crippen MR) is 53.3 cm³/mol. The molecule has 0 bridgehead atoms. The van der Waals surface area contributed by atoms with Gasteiger partial charge >= 0.3 is 6.18 Å². The number of aryl methyl sites for hydroxylation is 1. The maximum Gasteiger partial charge on any atom is 0.390 e. The van der Waals surface area contributed by atoms with E-state index in [9.17, 15) is 13.2 Å². The lowest BCUT2D eigenvalue weighted by atomic mass is 10.4. The van der Waals surface area contributed by atoms with Crippen LogP contribution in [-0.4, -0.2) is 36.0 Å². The molecule has 0 radical (unpaired) electrons. The molecule has 0 fully saturated rings. The van der Waals surface area contributed by atoms with Gasteiger partial charge < -0.3 is 14.6 Å². The van der Waals surface area contributed by atoms with Gasteiger partial charge in [0, 0.05) is 32.6 Å². The molecule has 16 heavy (non-hydrogen) atoms. The molecule has 0 atom stereocenters. The Kier molecular flexibility index (Phi) is 4.60. The van der Waals surface area contributed by atoms with Crippen LogP contribution in [-0.2, 0) is 11.3 Å². The lowest BCUT2D eigenvalue weighted by molar-refractivity contribution is -0.136. The van der Waals surface area contributed by atoms with Crippen LogP contribution in [0.25, 0.3) is 0 Å². The second-order valence-corrected chi connectivity index (χ2v) is 3.23. The molecule has 1 rings (SSSR count). The maximum atomic E-state index is 12.0. The van der Waals surface area contributed by atoms with Crippen LogP contribution >= 0.6 is 0 Å².